The van der Waals surface area contributed by atoms with Gasteiger partial charge < -0.3 is 5.73 Å². The molecule has 2 N–H and O–H groups in total. The fourth-order valence-electron chi connectivity index (χ4n) is 2.70. The number of hydrogen-bond donors (Lipinski definition) is 1. The molecule has 1 fully saturated rings. The summed E-state index contributed by atoms with van der Waals surface area (Å²) in [6, 6.07) is 4.52. The summed E-state index contributed by atoms with van der Waals surface area (Å²) in [5, 5.41) is 1.34. The monoisotopic (exact) mass is 304 g/mol. The van der Waals surface area contributed by atoms with Crippen LogP contribution in [-0.4, -0.2) is 34.5 Å². The fraction of sp³-hybridized carbons (Fsp3) is 0.692. The summed E-state index contributed by atoms with van der Waals surface area (Å²) in [6.07, 6.45) is 0. The third-order valence-electron chi connectivity index (χ3n) is 3.22. The van der Waals surface area contributed by atoms with Crippen LogP contribution in [0.15, 0.2) is 12.1 Å². The van der Waals surface area contributed by atoms with E-state index in [0.29, 0.717) is 16.5 Å². The largest absolute Gasteiger partial charge is 0.326 e. The topological polar surface area (TPSA) is 29.3 Å². The summed E-state index contributed by atoms with van der Waals surface area (Å²) >= 11 is 9.79. The van der Waals surface area contributed by atoms with Crippen molar-refractivity contribution in [3.05, 3.63) is 21.3 Å². The molecule has 1 aliphatic heterocycles. The minimum Gasteiger partial charge on any atom is -0.326 e. The molecule has 1 aromatic rings. The zero-order chi connectivity index (χ0) is 13.3. The summed E-state index contributed by atoms with van der Waals surface area (Å²) in [7, 11) is 0. The Labute approximate surface area is 123 Å². The summed E-state index contributed by atoms with van der Waals surface area (Å²) in [6.45, 7) is 8.91. The lowest BCUT2D eigenvalue weighted by Gasteiger charge is -2.41. The van der Waals surface area contributed by atoms with Crippen molar-refractivity contribution in [2.24, 2.45) is 5.73 Å². The van der Waals surface area contributed by atoms with Crippen LogP contribution >= 0.6 is 34.7 Å². The van der Waals surface area contributed by atoms with E-state index in [1.807, 2.05) is 6.07 Å². The highest BCUT2D eigenvalue weighted by Crippen LogP contribution is 2.36. The molecule has 2 heterocycles. The molecule has 0 aliphatic carbocycles. The molecule has 1 saturated heterocycles. The molecule has 0 bridgehead atoms. The van der Waals surface area contributed by atoms with E-state index in [0.717, 1.165) is 17.4 Å². The van der Waals surface area contributed by atoms with Gasteiger partial charge in [0.25, 0.3) is 0 Å². The van der Waals surface area contributed by atoms with E-state index in [1.54, 1.807) is 11.3 Å². The molecular formula is C13H21ClN2S2. The zero-order valence-electron chi connectivity index (χ0n) is 11.1. The van der Waals surface area contributed by atoms with Crippen LogP contribution < -0.4 is 5.73 Å². The van der Waals surface area contributed by atoms with Crippen molar-refractivity contribution in [1.29, 1.82) is 0 Å². The number of hydrogen-bond acceptors (Lipinski definition) is 4. The Morgan fingerprint density at radius 2 is 1.94 bits per heavy atom. The first-order valence-corrected chi connectivity index (χ1v) is 8.51. The molecule has 0 aromatic carbocycles. The summed E-state index contributed by atoms with van der Waals surface area (Å²) in [5.74, 6) is 0. The van der Waals surface area contributed by atoms with Gasteiger partial charge in [-0.1, -0.05) is 25.4 Å². The van der Waals surface area contributed by atoms with Gasteiger partial charge in [0.2, 0.25) is 0 Å². The Kier molecular flexibility index (Phi) is 5.00. The Balaban J connectivity index is 2.19. The van der Waals surface area contributed by atoms with Crippen LogP contribution in [0.4, 0.5) is 0 Å². The van der Waals surface area contributed by atoms with Gasteiger partial charge in [0.1, 0.15) is 0 Å². The van der Waals surface area contributed by atoms with Crippen molar-refractivity contribution in [3.63, 3.8) is 0 Å². The van der Waals surface area contributed by atoms with Crippen LogP contribution in [-0.2, 0) is 0 Å². The van der Waals surface area contributed by atoms with E-state index >= 15 is 0 Å². The van der Waals surface area contributed by atoms with Gasteiger partial charge in [-0.05, 0) is 19.1 Å². The summed E-state index contributed by atoms with van der Waals surface area (Å²) < 4.78 is 0.850. The molecule has 4 atom stereocenters. The first-order chi connectivity index (χ1) is 8.47. The third kappa shape index (κ3) is 3.42. The van der Waals surface area contributed by atoms with Crippen LogP contribution in [0.3, 0.4) is 0 Å². The van der Waals surface area contributed by atoms with Crippen LogP contribution in [0.25, 0.3) is 0 Å². The lowest BCUT2D eigenvalue weighted by atomic mass is 10.1. The van der Waals surface area contributed by atoms with Crippen molar-refractivity contribution in [2.45, 2.75) is 43.4 Å². The molecule has 102 valence electrons. The maximum Gasteiger partial charge on any atom is 0.0931 e. The SMILES string of the molecule is CC1CN(C(c2ccc(Cl)s2)C(C)N)CC(C)S1. The van der Waals surface area contributed by atoms with Crippen LogP contribution in [0.1, 0.15) is 31.7 Å². The minimum absolute atomic E-state index is 0.127. The highest BCUT2D eigenvalue weighted by Gasteiger charge is 2.31. The zero-order valence-corrected chi connectivity index (χ0v) is 13.5. The normalized spacial score (nSPS) is 29.2. The Morgan fingerprint density at radius 3 is 2.39 bits per heavy atom. The molecule has 2 rings (SSSR count). The lowest BCUT2D eigenvalue weighted by Crippen LogP contribution is -2.47. The predicted molar refractivity (Wildman–Crippen MR) is 83.8 cm³/mol. The minimum atomic E-state index is 0.127. The molecule has 1 aliphatic rings. The third-order valence-corrected chi connectivity index (χ3v) is 5.75. The first kappa shape index (κ1) is 14.7. The van der Waals surface area contributed by atoms with Crippen molar-refractivity contribution in [1.82, 2.24) is 4.90 Å². The number of thiophene rings is 1. The molecule has 4 unspecified atom stereocenters. The standard InChI is InChI=1S/C13H21ClN2S2/c1-8-6-16(7-9(2)17-8)13(10(3)15)11-4-5-12(14)18-11/h4-5,8-10,13H,6-7,15H2,1-3H3. The predicted octanol–water partition coefficient (Wildman–Crippen LogP) is 3.62. The highest BCUT2D eigenvalue weighted by molar-refractivity contribution is 8.00. The van der Waals surface area contributed by atoms with Crippen LogP contribution in [0, 0.1) is 0 Å². The van der Waals surface area contributed by atoms with E-state index in [2.05, 4.69) is 43.5 Å². The molecule has 0 spiro atoms. The lowest BCUT2D eigenvalue weighted by molar-refractivity contribution is 0.177. The van der Waals surface area contributed by atoms with Crippen molar-refractivity contribution in [2.75, 3.05) is 13.1 Å². The summed E-state index contributed by atoms with van der Waals surface area (Å²) in [4.78, 5) is 3.82. The van der Waals surface area contributed by atoms with Gasteiger partial charge in [0, 0.05) is 34.5 Å². The number of rotatable bonds is 3. The quantitative estimate of drug-likeness (QED) is 0.925. The fourth-order valence-corrected chi connectivity index (χ4v) is 5.36. The Morgan fingerprint density at radius 1 is 1.33 bits per heavy atom. The molecule has 1 aromatic heterocycles. The van der Waals surface area contributed by atoms with Gasteiger partial charge in [-0.15, -0.1) is 11.3 Å². The van der Waals surface area contributed by atoms with Crippen LogP contribution in [0.2, 0.25) is 4.34 Å². The smallest absolute Gasteiger partial charge is 0.0931 e. The second-order valence-corrected chi connectivity index (χ2v) is 8.79. The Bertz CT molecular complexity index is 384. The van der Waals surface area contributed by atoms with Gasteiger partial charge in [0.15, 0.2) is 0 Å². The van der Waals surface area contributed by atoms with Crippen molar-refractivity contribution >= 4 is 34.7 Å². The maximum absolute atomic E-state index is 6.21. The maximum atomic E-state index is 6.21. The second kappa shape index (κ2) is 6.14. The van der Waals surface area contributed by atoms with Gasteiger partial charge in [0.05, 0.1) is 10.4 Å². The van der Waals surface area contributed by atoms with Crippen LogP contribution in [0.5, 0.6) is 0 Å². The van der Waals surface area contributed by atoms with E-state index in [4.69, 9.17) is 17.3 Å². The Hall–Kier alpha value is 0.260. The first-order valence-electron chi connectivity index (χ1n) is 6.37. The number of nitrogens with two attached hydrogens (primary N) is 1. The van der Waals surface area contributed by atoms with Crippen molar-refractivity contribution < 1.29 is 0 Å². The molecule has 0 amide bonds. The highest BCUT2D eigenvalue weighted by atomic mass is 35.5. The summed E-state index contributed by atoms with van der Waals surface area (Å²) in [5.41, 5.74) is 6.21. The van der Waals surface area contributed by atoms with Crippen molar-refractivity contribution in [3.8, 4) is 0 Å². The van der Waals surface area contributed by atoms with Gasteiger partial charge >= 0.3 is 0 Å². The van der Waals surface area contributed by atoms with E-state index in [-0.39, 0.29) is 6.04 Å². The molecule has 0 radical (unpaired) electrons. The second-order valence-electron chi connectivity index (χ2n) is 5.16. The molecule has 18 heavy (non-hydrogen) atoms. The van der Waals surface area contributed by atoms with Gasteiger partial charge in [-0.3, -0.25) is 4.90 Å². The van der Waals surface area contributed by atoms with Gasteiger partial charge in [-0.2, -0.15) is 11.8 Å². The average Bonchev–Trinajstić information content (AvgIpc) is 2.62. The molecule has 2 nitrogen and oxygen atoms in total. The number of halogens is 1. The van der Waals surface area contributed by atoms with Gasteiger partial charge in [-0.25, -0.2) is 0 Å². The van der Waals surface area contributed by atoms with E-state index in [9.17, 15) is 0 Å². The molecule has 0 saturated carbocycles. The van der Waals surface area contributed by atoms with E-state index in [1.165, 1.54) is 4.88 Å². The molecule has 5 heteroatoms. The number of nitrogens with zero attached hydrogens (tertiary/aromatic N) is 1. The van der Waals surface area contributed by atoms with E-state index < -0.39 is 0 Å². The number of thioether (sulfide) groups is 1. The average molecular weight is 305 g/mol. The molecular weight excluding hydrogens is 284 g/mol.